The van der Waals surface area contributed by atoms with Crippen molar-refractivity contribution in [2.75, 3.05) is 13.2 Å². The van der Waals surface area contributed by atoms with Crippen LogP contribution in [0.1, 0.15) is 239 Å². The summed E-state index contributed by atoms with van der Waals surface area (Å²) in [6, 6.07) is 0. The fraction of sp³-hybridized carbons (Fsp3) is 0.597. The van der Waals surface area contributed by atoms with Crippen LogP contribution in [-0.2, 0) is 28.6 Å². The third-order valence-corrected chi connectivity index (χ3v) is 11.8. The molecule has 0 fully saturated rings. The summed E-state index contributed by atoms with van der Waals surface area (Å²) in [6.07, 6.45) is 85.6. The van der Waals surface area contributed by atoms with E-state index in [1.54, 1.807) is 0 Å². The Morgan fingerprint density at radius 2 is 0.562 bits per heavy atom. The zero-order valence-corrected chi connectivity index (χ0v) is 46.8. The lowest BCUT2D eigenvalue weighted by Crippen LogP contribution is -2.30. The quantitative estimate of drug-likeness (QED) is 0.0261. The van der Waals surface area contributed by atoms with Crippen molar-refractivity contribution >= 4 is 17.9 Å². The summed E-state index contributed by atoms with van der Waals surface area (Å²) in [4.78, 5) is 38.2. The van der Waals surface area contributed by atoms with Crippen molar-refractivity contribution < 1.29 is 28.6 Å². The van der Waals surface area contributed by atoms with Gasteiger partial charge >= 0.3 is 17.9 Å². The number of carbonyl (C=O) groups is 3. The van der Waals surface area contributed by atoms with Crippen LogP contribution in [0.4, 0.5) is 0 Å². The Kier molecular flexibility index (Phi) is 56.0. The third kappa shape index (κ3) is 58.1. The number of rotatable bonds is 51. The minimum atomic E-state index is -0.831. The zero-order valence-electron chi connectivity index (χ0n) is 46.8. The van der Waals surface area contributed by atoms with E-state index >= 15 is 0 Å². The molecule has 73 heavy (non-hydrogen) atoms. The zero-order chi connectivity index (χ0) is 52.9. The second kappa shape index (κ2) is 59.8. The fourth-order valence-corrected chi connectivity index (χ4v) is 7.49. The first-order chi connectivity index (χ1) is 36.0. The van der Waals surface area contributed by atoms with Crippen LogP contribution in [0.25, 0.3) is 0 Å². The Labute approximate surface area is 448 Å². The summed E-state index contributed by atoms with van der Waals surface area (Å²) in [5.41, 5.74) is 0. The molecule has 0 aromatic rings. The van der Waals surface area contributed by atoms with E-state index in [4.69, 9.17) is 14.2 Å². The van der Waals surface area contributed by atoms with Gasteiger partial charge in [-0.2, -0.15) is 0 Å². The van der Waals surface area contributed by atoms with Gasteiger partial charge in [0.25, 0.3) is 0 Å². The first-order valence-corrected chi connectivity index (χ1v) is 29.3. The molecular formula is C67H106O6. The van der Waals surface area contributed by atoms with Crippen molar-refractivity contribution in [1.82, 2.24) is 0 Å². The Hall–Kier alpha value is -4.71. The van der Waals surface area contributed by atoms with Crippen molar-refractivity contribution in [3.8, 4) is 0 Å². The van der Waals surface area contributed by atoms with Crippen LogP contribution in [0.5, 0.6) is 0 Å². The van der Waals surface area contributed by atoms with Gasteiger partial charge in [0.1, 0.15) is 13.2 Å². The molecule has 0 saturated carbocycles. The Balaban J connectivity index is 4.56. The van der Waals surface area contributed by atoms with E-state index in [1.165, 1.54) is 70.6 Å². The van der Waals surface area contributed by atoms with Crippen LogP contribution < -0.4 is 0 Å². The fourth-order valence-electron chi connectivity index (χ4n) is 7.49. The van der Waals surface area contributed by atoms with Gasteiger partial charge in [0.2, 0.25) is 0 Å². The van der Waals surface area contributed by atoms with Crippen molar-refractivity contribution in [3.63, 3.8) is 0 Å². The molecule has 0 heterocycles. The summed E-state index contributed by atoms with van der Waals surface area (Å²) in [6.45, 7) is 6.29. The van der Waals surface area contributed by atoms with Gasteiger partial charge in [-0.1, -0.05) is 237 Å². The van der Waals surface area contributed by atoms with Crippen molar-refractivity contribution in [3.05, 3.63) is 146 Å². The van der Waals surface area contributed by atoms with E-state index in [0.29, 0.717) is 12.8 Å². The molecule has 0 amide bonds. The molecule has 0 spiro atoms. The lowest BCUT2D eigenvalue weighted by molar-refractivity contribution is -0.166. The van der Waals surface area contributed by atoms with Gasteiger partial charge in [-0.3, -0.25) is 14.4 Å². The number of ether oxygens (including phenoxy) is 3. The van der Waals surface area contributed by atoms with Crippen LogP contribution in [0.2, 0.25) is 0 Å². The largest absolute Gasteiger partial charge is 0.462 e. The van der Waals surface area contributed by atoms with Crippen LogP contribution in [0.15, 0.2) is 146 Å². The molecule has 6 nitrogen and oxygen atoms in total. The molecule has 0 bridgehead atoms. The van der Waals surface area contributed by atoms with Crippen LogP contribution in [0.3, 0.4) is 0 Å². The maximum Gasteiger partial charge on any atom is 0.306 e. The van der Waals surface area contributed by atoms with Gasteiger partial charge in [0.05, 0.1) is 0 Å². The number of unbranched alkanes of at least 4 members (excludes halogenated alkanes) is 16. The Bertz CT molecular complexity index is 1630. The van der Waals surface area contributed by atoms with Gasteiger partial charge in [-0.05, 0) is 128 Å². The molecule has 0 aromatic carbocycles. The molecule has 0 aromatic heterocycles. The molecule has 0 aliphatic heterocycles. The minimum absolute atomic E-state index is 0.119. The first-order valence-electron chi connectivity index (χ1n) is 29.3. The van der Waals surface area contributed by atoms with Gasteiger partial charge in [-0.15, -0.1) is 0 Å². The van der Waals surface area contributed by atoms with Gasteiger partial charge < -0.3 is 14.2 Å². The highest BCUT2D eigenvalue weighted by Crippen LogP contribution is 2.14. The molecule has 0 unspecified atom stereocenters. The van der Waals surface area contributed by atoms with Crippen molar-refractivity contribution in [1.29, 1.82) is 0 Å². The minimum Gasteiger partial charge on any atom is -0.462 e. The maximum atomic E-state index is 12.9. The number of allylic oxidation sites excluding steroid dienone is 24. The third-order valence-electron chi connectivity index (χ3n) is 11.8. The van der Waals surface area contributed by atoms with Gasteiger partial charge in [0, 0.05) is 19.3 Å². The van der Waals surface area contributed by atoms with Crippen LogP contribution in [-0.4, -0.2) is 37.2 Å². The topological polar surface area (TPSA) is 78.9 Å². The van der Waals surface area contributed by atoms with E-state index in [0.717, 1.165) is 122 Å². The molecule has 410 valence electrons. The van der Waals surface area contributed by atoms with Crippen molar-refractivity contribution in [2.24, 2.45) is 0 Å². The van der Waals surface area contributed by atoms with Gasteiger partial charge in [0.15, 0.2) is 6.10 Å². The standard InChI is InChI=1S/C67H106O6/c1-4-7-10-13-16-19-22-25-28-31-33-36-38-41-44-47-50-53-56-59-65(68)71-62-64(73-67(70)61-58-55-52-49-46-43-40-35-30-27-24-21-18-15-12-9-6-3)63-72-66(69)60-57-54-51-48-45-42-39-37-34-32-29-26-23-20-17-14-11-8-5-2/h7,9-10,12,16-21,25-30,33,36,40-41,43-44,50,53,64H,4-6,8,11,13-15,22-24,31-32,34-35,37-39,42,45-49,51-52,54-63H2,1-3H3/b10-7-,12-9-,19-16-,20-17-,21-18-,28-25-,29-26-,30-27-,36-33-,43-40-,44-41-,53-50-/t64-/m1/s1. The molecule has 0 saturated heterocycles. The SMILES string of the molecule is CC/C=C\C/C=C\C/C=C\C/C=C\C/C=C\C/C=C\CCC(=O)OC[C@H](COC(=O)CCCCCCCCCCC/C=C\C/C=C\CCCCC)OC(=O)CCCCCC/C=C\C/C=C\C/C=C\C/C=C\CC. The molecule has 0 rings (SSSR count). The lowest BCUT2D eigenvalue weighted by Gasteiger charge is -2.18. The highest BCUT2D eigenvalue weighted by atomic mass is 16.6. The Morgan fingerprint density at radius 1 is 0.288 bits per heavy atom. The van der Waals surface area contributed by atoms with E-state index in [1.807, 2.05) is 12.2 Å². The predicted molar refractivity (Wildman–Crippen MR) is 315 cm³/mol. The van der Waals surface area contributed by atoms with E-state index < -0.39 is 6.10 Å². The Morgan fingerprint density at radius 3 is 0.918 bits per heavy atom. The molecule has 0 radical (unpaired) electrons. The summed E-state index contributed by atoms with van der Waals surface area (Å²) < 4.78 is 16.8. The van der Waals surface area contributed by atoms with Crippen LogP contribution >= 0.6 is 0 Å². The summed E-state index contributed by atoms with van der Waals surface area (Å²) >= 11 is 0. The summed E-state index contributed by atoms with van der Waals surface area (Å²) in [5.74, 6) is -1.04. The predicted octanol–water partition coefficient (Wildman–Crippen LogP) is 20.0. The van der Waals surface area contributed by atoms with Gasteiger partial charge in [-0.25, -0.2) is 0 Å². The number of hydrogen-bond acceptors (Lipinski definition) is 6. The molecule has 0 aliphatic carbocycles. The second-order valence-corrected chi connectivity index (χ2v) is 18.8. The normalized spacial score (nSPS) is 13.2. The molecule has 0 N–H and O–H groups in total. The smallest absolute Gasteiger partial charge is 0.306 e. The van der Waals surface area contributed by atoms with E-state index in [9.17, 15) is 14.4 Å². The maximum absolute atomic E-state index is 12.9. The summed E-state index contributed by atoms with van der Waals surface area (Å²) in [5, 5.41) is 0. The lowest BCUT2D eigenvalue weighted by atomic mass is 10.1. The molecule has 6 heteroatoms. The number of esters is 3. The molecular weight excluding hydrogens is 901 g/mol. The molecule has 1 atom stereocenters. The highest BCUT2D eigenvalue weighted by Gasteiger charge is 2.19. The monoisotopic (exact) mass is 1010 g/mol. The highest BCUT2D eigenvalue weighted by molar-refractivity contribution is 5.71. The first kappa shape index (κ1) is 68.3. The average Bonchev–Trinajstić information content (AvgIpc) is 3.39. The van der Waals surface area contributed by atoms with E-state index in [-0.39, 0.29) is 44.0 Å². The average molecular weight is 1010 g/mol. The van der Waals surface area contributed by atoms with E-state index in [2.05, 4.69) is 154 Å². The number of hydrogen-bond donors (Lipinski definition) is 0. The number of carbonyl (C=O) groups excluding carboxylic acids is 3. The summed E-state index contributed by atoms with van der Waals surface area (Å²) in [7, 11) is 0. The van der Waals surface area contributed by atoms with Crippen molar-refractivity contribution in [2.45, 2.75) is 245 Å². The molecule has 0 aliphatic rings. The second-order valence-electron chi connectivity index (χ2n) is 18.8. The van der Waals surface area contributed by atoms with Crippen LogP contribution in [0, 0.1) is 0 Å².